The Kier molecular flexibility index (Phi) is 4.99. The predicted molar refractivity (Wildman–Crippen MR) is 102 cm³/mol. The van der Waals surface area contributed by atoms with Gasteiger partial charge in [-0.05, 0) is 25.0 Å². The summed E-state index contributed by atoms with van der Waals surface area (Å²) in [7, 11) is 0. The summed E-state index contributed by atoms with van der Waals surface area (Å²) in [6.07, 6.45) is 4.12. The second-order valence-electron chi connectivity index (χ2n) is 6.79. The predicted octanol–water partition coefficient (Wildman–Crippen LogP) is 2.83. The molecular weight excluding hydrogens is 348 g/mol. The van der Waals surface area contributed by atoms with Gasteiger partial charge in [0.1, 0.15) is 12.2 Å². The van der Waals surface area contributed by atoms with Crippen LogP contribution in [-0.2, 0) is 11.3 Å². The molecule has 1 amide bonds. The van der Waals surface area contributed by atoms with Crippen LogP contribution in [0.3, 0.4) is 0 Å². The number of hydrogen-bond donors (Lipinski definition) is 2. The lowest BCUT2D eigenvalue weighted by Crippen LogP contribution is -2.44. The number of para-hydroxylation sites is 2. The highest BCUT2D eigenvalue weighted by atomic mass is 32.1. The number of aliphatic hydroxyl groups is 1. The monoisotopic (exact) mass is 370 g/mol. The number of rotatable bonds is 5. The number of amides is 1. The molecule has 1 aliphatic rings. The van der Waals surface area contributed by atoms with Crippen LogP contribution >= 0.6 is 11.3 Å². The summed E-state index contributed by atoms with van der Waals surface area (Å²) in [6.45, 7) is 0.324. The van der Waals surface area contributed by atoms with Gasteiger partial charge in [0.25, 0.3) is 0 Å². The molecule has 3 aromatic rings. The number of aliphatic hydroxyl groups excluding tert-OH is 1. The van der Waals surface area contributed by atoms with E-state index in [-0.39, 0.29) is 31.0 Å². The number of nitrogens with one attached hydrogen (secondary N) is 1. The van der Waals surface area contributed by atoms with E-state index in [1.165, 1.54) is 11.3 Å². The molecule has 0 saturated heterocycles. The van der Waals surface area contributed by atoms with E-state index < -0.39 is 0 Å². The Labute approximate surface area is 155 Å². The number of hydrogen-bond acceptors (Lipinski definition) is 5. The minimum Gasteiger partial charge on any atom is -0.396 e. The van der Waals surface area contributed by atoms with Crippen molar-refractivity contribution >= 4 is 28.3 Å². The molecule has 0 spiro atoms. The van der Waals surface area contributed by atoms with E-state index in [2.05, 4.69) is 15.3 Å². The number of fused-ring (bicyclic) bond motifs is 1. The van der Waals surface area contributed by atoms with Crippen molar-refractivity contribution in [3.63, 3.8) is 0 Å². The summed E-state index contributed by atoms with van der Waals surface area (Å²) in [4.78, 5) is 21.8. The molecule has 6 nitrogen and oxygen atoms in total. The third-order valence-corrected chi connectivity index (χ3v) is 5.69. The van der Waals surface area contributed by atoms with Gasteiger partial charge in [0.15, 0.2) is 5.82 Å². The maximum absolute atomic E-state index is 12.7. The van der Waals surface area contributed by atoms with E-state index in [9.17, 15) is 9.90 Å². The van der Waals surface area contributed by atoms with Gasteiger partial charge in [-0.25, -0.2) is 9.97 Å². The Hall–Kier alpha value is -2.25. The Morgan fingerprint density at radius 1 is 1.31 bits per heavy atom. The molecule has 1 saturated carbocycles. The smallest absolute Gasteiger partial charge is 0.240 e. The van der Waals surface area contributed by atoms with Gasteiger partial charge < -0.3 is 15.0 Å². The van der Waals surface area contributed by atoms with Gasteiger partial charge in [0, 0.05) is 23.9 Å². The highest BCUT2D eigenvalue weighted by Crippen LogP contribution is 2.26. The van der Waals surface area contributed by atoms with Crippen LogP contribution in [0.25, 0.3) is 22.6 Å². The van der Waals surface area contributed by atoms with E-state index in [1.807, 2.05) is 34.2 Å². The summed E-state index contributed by atoms with van der Waals surface area (Å²) < 4.78 is 1.93. The van der Waals surface area contributed by atoms with E-state index in [4.69, 9.17) is 0 Å². The highest BCUT2D eigenvalue weighted by molar-refractivity contribution is 7.07. The minimum absolute atomic E-state index is 0.0463. The van der Waals surface area contributed by atoms with Crippen LogP contribution in [0.5, 0.6) is 0 Å². The van der Waals surface area contributed by atoms with Crippen LogP contribution in [0.1, 0.15) is 25.7 Å². The lowest BCUT2D eigenvalue weighted by atomic mass is 9.85. The fourth-order valence-corrected chi connectivity index (χ4v) is 4.30. The summed E-state index contributed by atoms with van der Waals surface area (Å²) in [5, 5.41) is 14.6. The van der Waals surface area contributed by atoms with Crippen LogP contribution in [0, 0.1) is 5.92 Å². The quantitative estimate of drug-likeness (QED) is 0.724. The van der Waals surface area contributed by atoms with E-state index in [0.717, 1.165) is 42.4 Å². The van der Waals surface area contributed by atoms with Crippen molar-refractivity contribution in [2.24, 2.45) is 5.92 Å². The van der Waals surface area contributed by atoms with Crippen molar-refractivity contribution in [1.29, 1.82) is 0 Å². The SMILES string of the molecule is O=C(Cn1c(-c2cscn2)nc2ccccc21)N[C@H]1CCCC[C@H]1CO. The van der Waals surface area contributed by atoms with Gasteiger partial charge in [-0.3, -0.25) is 4.79 Å². The highest BCUT2D eigenvalue weighted by Gasteiger charge is 2.26. The van der Waals surface area contributed by atoms with Gasteiger partial charge in [-0.15, -0.1) is 11.3 Å². The molecule has 0 unspecified atom stereocenters. The molecule has 2 aromatic heterocycles. The second kappa shape index (κ2) is 7.55. The van der Waals surface area contributed by atoms with Crippen LogP contribution in [0.2, 0.25) is 0 Å². The number of benzene rings is 1. The molecule has 4 rings (SSSR count). The maximum atomic E-state index is 12.7. The maximum Gasteiger partial charge on any atom is 0.240 e. The number of nitrogens with zero attached hydrogens (tertiary/aromatic N) is 3. The molecule has 2 heterocycles. The van der Waals surface area contributed by atoms with Gasteiger partial charge in [-0.2, -0.15) is 0 Å². The van der Waals surface area contributed by atoms with Gasteiger partial charge in [0.05, 0.1) is 16.5 Å². The minimum atomic E-state index is -0.0463. The zero-order chi connectivity index (χ0) is 17.9. The fourth-order valence-electron chi connectivity index (χ4n) is 3.77. The van der Waals surface area contributed by atoms with Crippen LogP contribution in [-0.4, -0.2) is 38.2 Å². The first kappa shape index (κ1) is 17.2. The van der Waals surface area contributed by atoms with Crippen molar-refractivity contribution in [3.05, 3.63) is 35.2 Å². The fraction of sp³-hybridized carbons (Fsp3) is 0.421. The Bertz CT molecular complexity index is 890. The topological polar surface area (TPSA) is 80.0 Å². The summed E-state index contributed by atoms with van der Waals surface area (Å²) >= 11 is 1.51. The lowest BCUT2D eigenvalue weighted by Gasteiger charge is -2.31. The Morgan fingerprint density at radius 2 is 2.15 bits per heavy atom. The van der Waals surface area contributed by atoms with Crippen molar-refractivity contribution in [3.8, 4) is 11.5 Å². The Balaban J connectivity index is 1.60. The van der Waals surface area contributed by atoms with E-state index in [1.54, 1.807) is 5.51 Å². The summed E-state index contributed by atoms with van der Waals surface area (Å²) in [5.41, 5.74) is 4.33. The summed E-state index contributed by atoms with van der Waals surface area (Å²) in [6, 6.07) is 7.87. The molecule has 1 fully saturated rings. The molecule has 26 heavy (non-hydrogen) atoms. The summed E-state index contributed by atoms with van der Waals surface area (Å²) in [5.74, 6) is 0.824. The second-order valence-corrected chi connectivity index (χ2v) is 7.50. The zero-order valence-electron chi connectivity index (χ0n) is 14.5. The molecule has 1 aromatic carbocycles. The van der Waals surface area contributed by atoms with Crippen molar-refractivity contribution in [2.75, 3.05) is 6.61 Å². The Morgan fingerprint density at radius 3 is 2.96 bits per heavy atom. The van der Waals surface area contributed by atoms with Crippen molar-refractivity contribution in [1.82, 2.24) is 19.9 Å². The molecule has 0 bridgehead atoms. The number of imidazole rings is 1. The van der Waals surface area contributed by atoms with Crippen molar-refractivity contribution in [2.45, 2.75) is 38.3 Å². The third-order valence-electron chi connectivity index (χ3n) is 5.11. The van der Waals surface area contributed by atoms with Gasteiger partial charge in [-0.1, -0.05) is 25.0 Å². The first-order chi connectivity index (χ1) is 12.8. The number of carbonyl (C=O) groups excluding carboxylic acids is 1. The van der Waals surface area contributed by atoms with Gasteiger partial charge >= 0.3 is 0 Å². The van der Waals surface area contributed by atoms with Crippen LogP contribution in [0.15, 0.2) is 35.2 Å². The molecule has 1 aliphatic carbocycles. The first-order valence-corrected chi connectivity index (χ1v) is 9.94. The standard InChI is InChI=1S/C19H22N4O2S/c24-10-13-5-1-2-6-14(13)21-18(25)9-23-17-8-4-3-7-15(17)22-19(23)16-11-26-12-20-16/h3-4,7-8,11-14,24H,1-2,5-6,9-10H2,(H,21,25)/t13-,14-/m0/s1. The number of thiazole rings is 1. The first-order valence-electron chi connectivity index (χ1n) is 9.00. The average Bonchev–Trinajstić information content (AvgIpc) is 3.30. The molecule has 2 N–H and O–H groups in total. The van der Waals surface area contributed by atoms with Crippen molar-refractivity contribution < 1.29 is 9.90 Å². The normalized spacial score (nSPS) is 20.3. The lowest BCUT2D eigenvalue weighted by molar-refractivity contribution is -0.123. The van der Waals surface area contributed by atoms with Crippen LogP contribution < -0.4 is 5.32 Å². The third kappa shape index (κ3) is 3.37. The molecule has 2 atom stereocenters. The number of carbonyl (C=O) groups is 1. The van der Waals surface area contributed by atoms with Crippen LogP contribution in [0.4, 0.5) is 0 Å². The average molecular weight is 370 g/mol. The van der Waals surface area contributed by atoms with Gasteiger partial charge in [0.2, 0.25) is 5.91 Å². The molecule has 0 aliphatic heterocycles. The molecular formula is C19H22N4O2S. The molecule has 7 heteroatoms. The van der Waals surface area contributed by atoms with E-state index >= 15 is 0 Å². The molecule has 0 radical (unpaired) electrons. The number of aromatic nitrogens is 3. The largest absolute Gasteiger partial charge is 0.396 e. The van der Waals surface area contributed by atoms with E-state index in [0.29, 0.717) is 5.82 Å². The zero-order valence-corrected chi connectivity index (χ0v) is 15.3. The molecule has 136 valence electrons.